The SMILES string of the molecule is CC(=O)Oc1cc2c(c(C)c1OC(C)=O)CC=C1[C@@]2(C)CC[C@@]2(C)[C@@H]3CC(C)(C)CC[C@]3(C)CC[C@]12C. The number of carbonyl (C=O) groups excluding carboxylic acids is 2. The largest absolute Gasteiger partial charge is 0.423 e. The third-order valence-corrected chi connectivity index (χ3v) is 11.8. The van der Waals surface area contributed by atoms with Crippen molar-refractivity contribution in [3.8, 4) is 11.5 Å². The van der Waals surface area contributed by atoms with Gasteiger partial charge in [0.25, 0.3) is 0 Å². The fourth-order valence-electron chi connectivity index (χ4n) is 9.34. The third-order valence-electron chi connectivity index (χ3n) is 11.8. The first-order chi connectivity index (χ1) is 17.1. The molecule has 0 aromatic heterocycles. The minimum Gasteiger partial charge on any atom is -0.423 e. The van der Waals surface area contributed by atoms with E-state index >= 15 is 0 Å². The second kappa shape index (κ2) is 8.20. The molecule has 202 valence electrons. The number of fused-ring (bicyclic) bond motifs is 7. The van der Waals surface area contributed by atoms with E-state index in [-0.39, 0.29) is 16.2 Å². The summed E-state index contributed by atoms with van der Waals surface area (Å²) < 4.78 is 11.2. The van der Waals surface area contributed by atoms with Gasteiger partial charge in [-0.05, 0) is 109 Å². The molecular formula is C33H46O4. The molecule has 0 amide bonds. The lowest BCUT2D eigenvalue weighted by molar-refractivity contribution is -0.156. The minimum atomic E-state index is -0.406. The molecule has 4 heteroatoms. The van der Waals surface area contributed by atoms with Gasteiger partial charge in [-0.3, -0.25) is 9.59 Å². The molecule has 0 radical (unpaired) electrons. The lowest BCUT2D eigenvalue weighted by atomic mass is 9.34. The van der Waals surface area contributed by atoms with Gasteiger partial charge in [-0.2, -0.15) is 0 Å². The fourth-order valence-corrected chi connectivity index (χ4v) is 9.34. The van der Waals surface area contributed by atoms with Gasteiger partial charge in [0.1, 0.15) is 0 Å². The van der Waals surface area contributed by atoms with E-state index in [1.165, 1.54) is 63.5 Å². The van der Waals surface area contributed by atoms with Crippen molar-refractivity contribution in [1.29, 1.82) is 0 Å². The number of rotatable bonds is 2. The van der Waals surface area contributed by atoms with Crippen molar-refractivity contribution in [2.75, 3.05) is 0 Å². The summed E-state index contributed by atoms with van der Waals surface area (Å²) >= 11 is 0. The summed E-state index contributed by atoms with van der Waals surface area (Å²) in [6.45, 7) is 19.9. The average molecular weight is 507 g/mol. The van der Waals surface area contributed by atoms with Crippen LogP contribution in [0.25, 0.3) is 0 Å². The van der Waals surface area contributed by atoms with Crippen molar-refractivity contribution in [3.63, 3.8) is 0 Å². The van der Waals surface area contributed by atoms with E-state index < -0.39 is 11.9 Å². The van der Waals surface area contributed by atoms with E-state index in [4.69, 9.17) is 9.47 Å². The van der Waals surface area contributed by atoms with Crippen LogP contribution in [0.1, 0.15) is 117 Å². The number of ether oxygens (including phenoxy) is 2. The number of benzene rings is 1. The van der Waals surface area contributed by atoms with Crippen molar-refractivity contribution in [2.24, 2.45) is 27.6 Å². The molecule has 1 aromatic rings. The zero-order chi connectivity index (χ0) is 27.2. The summed E-state index contributed by atoms with van der Waals surface area (Å²) in [5.74, 6) is 0.659. The molecule has 0 saturated heterocycles. The molecular weight excluding hydrogens is 460 g/mol. The van der Waals surface area contributed by atoms with Gasteiger partial charge in [0.2, 0.25) is 0 Å². The molecule has 3 saturated carbocycles. The molecule has 0 bridgehead atoms. The van der Waals surface area contributed by atoms with Crippen LogP contribution in [-0.2, 0) is 21.4 Å². The van der Waals surface area contributed by atoms with Gasteiger partial charge in [-0.15, -0.1) is 0 Å². The lowest BCUT2D eigenvalue weighted by Crippen LogP contribution is -2.62. The molecule has 1 aromatic carbocycles. The third kappa shape index (κ3) is 3.75. The molecule has 3 fully saturated rings. The highest BCUT2D eigenvalue weighted by molar-refractivity contribution is 5.76. The molecule has 0 aliphatic heterocycles. The van der Waals surface area contributed by atoms with Gasteiger partial charge >= 0.3 is 11.9 Å². The highest BCUT2D eigenvalue weighted by atomic mass is 16.6. The zero-order valence-electron chi connectivity index (χ0n) is 24.5. The molecule has 0 spiro atoms. The van der Waals surface area contributed by atoms with Gasteiger partial charge in [0.15, 0.2) is 11.5 Å². The van der Waals surface area contributed by atoms with Crippen LogP contribution in [0.2, 0.25) is 0 Å². The van der Waals surface area contributed by atoms with E-state index in [2.05, 4.69) is 47.6 Å². The van der Waals surface area contributed by atoms with Crippen molar-refractivity contribution in [3.05, 3.63) is 34.4 Å². The number of hydrogen-bond donors (Lipinski definition) is 0. The maximum absolute atomic E-state index is 12.0. The molecule has 0 N–H and O–H groups in total. The topological polar surface area (TPSA) is 52.6 Å². The Balaban J connectivity index is 1.63. The molecule has 4 aliphatic carbocycles. The Hall–Kier alpha value is -2.10. The first-order valence-corrected chi connectivity index (χ1v) is 14.3. The molecule has 4 aliphatic rings. The summed E-state index contributed by atoms with van der Waals surface area (Å²) in [5, 5.41) is 0. The van der Waals surface area contributed by atoms with E-state index in [0.717, 1.165) is 24.3 Å². The van der Waals surface area contributed by atoms with Gasteiger partial charge < -0.3 is 9.47 Å². The Morgan fingerprint density at radius 1 is 0.865 bits per heavy atom. The maximum Gasteiger partial charge on any atom is 0.308 e. The van der Waals surface area contributed by atoms with Crippen molar-refractivity contribution in [1.82, 2.24) is 0 Å². The maximum atomic E-state index is 12.0. The van der Waals surface area contributed by atoms with Crippen molar-refractivity contribution in [2.45, 2.75) is 119 Å². The Morgan fingerprint density at radius 2 is 1.51 bits per heavy atom. The summed E-state index contributed by atoms with van der Waals surface area (Å²) in [4.78, 5) is 23.9. The fraction of sp³-hybridized carbons (Fsp3) is 0.697. The van der Waals surface area contributed by atoms with E-state index in [1.54, 1.807) is 5.57 Å². The first kappa shape index (κ1) is 26.5. The standard InChI is InChI=1S/C33H46O4/c1-20-23-10-11-26-31(7,24(23)18-25(36-21(2)34)28(20)37-22(3)35)15-17-33(9)27-19-29(4,5)12-13-30(27,6)14-16-32(26,33)8/h11,18,27H,10,12-17,19H2,1-9H3/t27-,30-,31+,32-,33+/m1/s1. The molecule has 5 rings (SSSR count). The van der Waals surface area contributed by atoms with Crippen LogP contribution in [0, 0.1) is 34.5 Å². The predicted molar refractivity (Wildman–Crippen MR) is 147 cm³/mol. The summed E-state index contributed by atoms with van der Waals surface area (Å²) in [7, 11) is 0. The molecule has 0 heterocycles. The normalized spacial score (nSPS) is 37.8. The number of hydrogen-bond acceptors (Lipinski definition) is 4. The smallest absolute Gasteiger partial charge is 0.308 e. The van der Waals surface area contributed by atoms with E-state index in [0.29, 0.717) is 22.3 Å². The van der Waals surface area contributed by atoms with E-state index in [9.17, 15) is 9.59 Å². The monoisotopic (exact) mass is 506 g/mol. The van der Waals surface area contributed by atoms with Crippen molar-refractivity contribution < 1.29 is 19.1 Å². The van der Waals surface area contributed by atoms with Gasteiger partial charge in [0.05, 0.1) is 0 Å². The molecule has 5 atom stereocenters. The second-order valence-electron chi connectivity index (χ2n) is 14.5. The quantitative estimate of drug-likeness (QED) is 0.231. The van der Waals surface area contributed by atoms with Crippen LogP contribution in [0.15, 0.2) is 17.7 Å². The number of esters is 2. The lowest BCUT2D eigenvalue weighted by Gasteiger charge is -2.70. The second-order valence-corrected chi connectivity index (χ2v) is 14.5. The Morgan fingerprint density at radius 3 is 2.16 bits per heavy atom. The van der Waals surface area contributed by atoms with E-state index in [1.807, 2.05) is 13.0 Å². The Bertz CT molecular complexity index is 1210. The number of carbonyl (C=O) groups is 2. The number of allylic oxidation sites excluding steroid dienone is 2. The van der Waals surface area contributed by atoms with Gasteiger partial charge in [-0.25, -0.2) is 0 Å². The van der Waals surface area contributed by atoms with Crippen LogP contribution in [-0.4, -0.2) is 11.9 Å². The minimum absolute atomic E-state index is 0.124. The Labute approximate surface area is 223 Å². The predicted octanol–water partition coefficient (Wildman–Crippen LogP) is 8.02. The summed E-state index contributed by atoms with van der Waals surface area (Å²) in [6.07, 6.45) is 12.1. The zero-order valence-corrected chi connectivity index (χ0v) is 24.5. The van der Waals surface area contributed by atoms with Crippen LogP contribution in [0.3, 0.4) is 0 Å². The van der Waals surface area contributed by atoms with Crippen LogP contribution in [0.4, 0.5) is 0 Å². The summed E-state index contributed by atoms with van der Waals surface area (Å²) in [5.41, 5.74) is 6.04. The average Bonchev–Trinajstić information content (AvgIpc) is 2.79. The molecule has 0 unspecified atom stereocenters. The molecule has 37 heavy (non-hydrogen) atoms. The van der Waals surface area contributed by atoms with Crippen LogP contribution < -0.4 is 9.47 Å². The van der Waals surface area contributed by atoms with Gasteiger partial charge in [0, 0.05) is 19.3 Å². The Kier molecular flexibility index (Phi) is 5.87. The highest BCUT2D eigenvalue weighted by Crippen LogP contribution is 2.74. The van der Waals surface area contributed by atoms with Crippen molar-refractivity contribution >= 4 is 11.9 Å². The van der Waals surface area contributed by atoms with Crippen LogP contribution >= 0.6 is 0 Å². The first-order valence-electron chi connectivity index (χ1n) is 14.3. The summed E-state index contributed by atoms with van der Waals surface area (Å²) in [6, 6.07) is 2.01. The van der Waals surface area contributed by atoms with Crippen LogP contribution in [0.5, 0.6) is 11.5 Å². The molecule has 4 nitrogen and oxygen atoms in total. The highest BCUT2D eigenvalue weighted by Gasteiger charge is 2.66. The van der Waals surface area contributed by atoms with Gasteiger partial charge in [-0.1, -0.05) is 53.2 Å².